The van der Waals surface area contributed by atoms with Crippen LogP contribution in [-0.4, -0.2) is 24.4 Å². The number of carbonyl (C=O) groups excluding carboxylic acids is 1. The van der Waals surface area contributed by atoms with Crippen LogP contribution in [0, 0.1) is 19.7 Å². The molecule has 0 aliphatic heterocycles. The summed E-state index contributed by atoms with van der Waals surface area (Å²) in [6.45, 7) is 4.15. The largest absolute Gasteiger partial charge is 0.323 e. The van der Waals surface area contributed by atoms with Gasteiger partial charge in [0.05, 0.1) is 17.3 Å². The van der Waals surface area contributed by atoms with Gasteiger partial charge in [0.25, 0.3) is 0 Å². The second kappa shape index (κ2) is 7.97. The Morgan fingerprint density at radius 1 is 1.21 bits per heavy atom. The van der Waals surface area contributed by atoms with Crippen molar-refractivity contribution in [3.8, 4) is 0 Å². The van der Waals surface area contributed by atoms with Crippen LogP contribution in [0.1, 0.15) is 16.7 Å². The summed E-state index contributed by atoms with van der Waals surface area (Å²) in [5, 5.41) is 3.66. The first-order chi connectivity index (χ1) is 11.3. The van der Waals surface area contributed by atoms with Gasteiger partial charge in [-0.15, -0.1) is 0 Å². The van der Waals surface area contributed by atoms with Gasteiger partial charge >= 0.3 is 0 Å². The fourth-order valence-electron chi connectivity index (χ4n) is 2.51. The number of benzene rings is 2. The minimum absolute atomic E-state index is 0.0916. The standard InChI is InChI=1S/C18H19Cl2FN2O/c1-11-7-12(2)18(15(20)8-11)22-17(24)10-23(3)9-13-14(19)5-4-6-16(13)21/h4-8H,9-10H2,1-3H3,(H,22,24). The summed E-state index contributed by atoms with van der Waals surface area (Å²) in [4.78, 5) is 13.9. The molecular formula is C18H19Cl2FN2O. The molecule has 0 radical (unpaired) electrons. The number of amides is 1. The highest BCUT2D eigenvalue weighted by molar-refractivity contribution is 6.34. The van der Waals surface area contributed by atoms with Crippen LogP contribution in [0.4, 0.5) is 10.1 Å². The third-order valence-corrected chi connectivity index (χ3v) is 4.25. The van der Waals surface area contributed by atoms with Gasteiger partial charge in [-0.1, -0.05) is 35.3 Å². The Labute approximate surface area is 151 Å². The van der Waals surface area contributed by atoms with E-state index >= 15 is 0 Å². The molecule has 2 rings (SSSR count). The summed E-state index contributed by atoms with van der Waals surface area (Å²) in [5.74, 6) is -0.606. The summed E-state index contributed by atoms with van der Waals surface area (Å²) in [7, 11) is 1.73. The molecule has 2 aromatic rings. The third kappa shape index (κ3) is 4.69. The maximum atomic E-state index is 13.8. The third-order valence-electron chi connectivity index (χ3n) is 3.60. The smallest absolute Gasteiger partial charge is 0.238 e. The van der Waals surface area contributed by atoms with E-state index in [0.29, 0.717) is 21.3 Å². The van der Waals surface area contributed by atoms with Gasteiger partial charge in [0.1, 0.15) is 5.82 Å². The number of rotatable bonds is 5. The summed E-state index contributed by atoms with van der Waals surface area (Å²) in [6, 6.07) is 8.28. The molecule has 0 saturated carbocycles. The molecule has 128 valence electrons. The first kappa shape index (κ1) is 18.7. The number of nitrogens with zero attached hydrogens (tertiary/aromatic N) is 1. The molecule has 0 unspecified atom stereocenters. The van der Waals surface area contributed by atoms with Crippen molar-refractivity contribution in [1.82, 2.24) is 4.90 Å². The van der Waals surface area contributed by atoms with Crippen molar-refractivity contribution in [2.75, 3.05) is 18.9 Å². The molecule has 3 nitrogen and oxygen atoms in total. The van der Waals surface area contributed by atoms with Crippen LogP contribution in [0.2, 0.25) is 10.0 Å². The lowest BCUT2D eigenvalue weighted by Crippen LogP contribution is -2.30. The van der Waals surface area contributed by atoms with Crippen LogP contribution >= 0.6 is 23.2 Å². The molecule has 1 amide bonds. The number of nitrogens with one attached hydrogen (secondary N) is 1. The Balaban J connectivity index is 2.02. The van der Waals surface area contributed by atoms with E-state index in [9.17, 15) is 9.18 Å². The van der Waals surface area contributed by atoms with E-state index in [1.807, 2.05) is 19.9 Å². The average molecular weight is 369 g/mol. The van der Waals surface area contributed by atoms with Crippen molar-refractivity contribution in [3.63, 3.8) is 0 Å². The molecule has 6 heteroatoms. The van der Waals surface area contributed by atoms with Gasteiger partial charge in [-0.2, -0.15) is 0 Å². The Kier molecular flexibility index (Phi) is 6.21. The highest BCUT2D eigenvalue weighted by Gasteiger charge is 2.14. The van der Waals surface area contributed by atoms with Crippen molar-refractivity contribution < 1.29 is 9.18 Å². The van der Waals surface area contributed by atoms with E-state index in [4.69, 9.17) is 23.2 Å². The zero-order chi connectivity index (χ0) is 17.9. The van der Waals surface area contributed by atoms with E-state index in [0.717, 1.165) is 11.1 Å². The fraction of sp³-hybridized carbons (Fsp3) is 0.278. The monoisotopic (exact) mass is 368 g/mol. The minimum Gasteiger partial charge on any atom is -0.323 e. The SMILES string of the molecule is Cc1cc(C)c(NC(=O)CN(C)Cc2c(F)cccc2Cl)c(Cl)c1. The van der Waals surface area contributed by atoms with E-state index in [2.05, 4.69) is 5.32 Å². The zero-order valence-corrected chi connectivity index (χ0v) is 15.3. The van der Waals surface area contributed by atoms with Crippen molar-refractivity contribution >= 4 is 34.8 Å². The average Bonchev–Trinajstić information content (AvgIpc) is 2.47. The summed E-state index contributed by atoms with van der Waals surface area (Å²) >= 11 is 12.2. The predicted octanol–water partition coefficient (Wildman–Crippen LogP) is 4.82. The van der Waals surface area contributed by atoms with Gasteiger partial charge < -0.3 is 5.32 Å². The maximum Gasteiger partial charge on any atom is 0.238 e. The number of anilines is 1. The Bertz CT molecular complexity index is 721. The molecule has 0 aliphatic rings. The molecule has 1 N–H and O–H groups in total. The van der Waals surface area contributed by atoms with Gasteiger partial charge in [-0.05, 0) is 50.2 Å². The van der Waals surface area contributed by atoms with E-state index < -0.39 is 0 Å². The highest BCUT2D eigenvalue weighted by atomic mass is 35.5. The molecule has 0 atom stereocenters. The van der Waals surface area contributed by atoms with Gasteiger partial charge in [0, 0.05) is 17.1 Å². The van der Waals surface area contributed by atoms with Crippen LogP contribution in [0.3, 0.4) is 0 Å². The number of hydrogen-bond donors (Lipinski definition) is 1. The Morgan fingerprint density at radius 2 is 1.92 bits per heavy atom. The Hall–Kier alpha value is -1.62. The lowest BCUT2D eigenvalue weighted by molar-refractivity contribution is -0.117. The van der Waals surface area contributed by atoms with Crippen LogP contribution in [0.15, 0.2) is 30.3 Å². The topological polar surface area (TPSA) is 32.3 Å². The molecule has 24 heavy (non-hydrogen) atoms. The van der Waals surface area contributed by atoms with Crippen LogP contribution in [-0.2, 0) is 11.3 Å². The lowest BCUT2D eigenvalue weighted by Gasteiger charge is -2.18. The number of hydrogen-bond acceptors (Lipinski definition) is 2. The van der Waals surface area contributed by atoms with Gasteiger partial charge in [-0.3, -0.25) is 9.69 Å². The van der Waals surface area contributed by atoms with E-state index in [1.54, 1.807) is 30.1 Å². The zero-order valence-electron chi connectivity index (χ0n) is 13.8. The van der Waals surface area contributed by atoms with E-state index in [-0.39, 0.29) is 24.8 Å². The van der Waals surface area contributed by atoms with E-state index in [1.165, 1.54) is 6.07 Å². The molecule has 0 spiro atoms. The summed E-state index contributed by atoms with van der Waals surface area (Å²) < 4.78 is 13.8. The molecule has 0 heterocycles. The van der Waals surface area contributed by atoms with Crippen molar-refractivity contribution in [3.05, 3.63) is 62.9 Å². The molecular weight excluding hydrogens is 350 g/mol. The van der Waals surface area contributed by atoms with Crippen molar-refractivity contribution in [1.29, 1.82) is 0 Å². The molecule has 0 aliphatic carbocycles. The van der Waals surface area contributed by atoms with Crippen molar-refractivity contribution in [2.45, 2.75) is 20.4 Å². The molecule has 0 saturated heterocycles. The molecule has 0 aromatic heterocycles. The maximum absolute atomic E-state index is 13.8. The number of halogens is 3. The first-order valence-electron chi connectivity index (χ1n) is 7.46. The summed E-state index contributed by atoms with van der Waals surface area (Å²) in [6.07, 6.45) is 0. The van der Waals surface area contributed by atoms with Crippen LogP contribution < -0.4 is 5.32 Å². The summed E-state index contributed by atoms with van der Waals surface area (Å²) in [5.41, 5.74) is 2.90. The van der Waals surface area contributed by atoms with Crippen molar-refractivity contribution in [2.24, 2.45) is 0 Å². The molecule has 0 bridgehead atoms. The van der Waals surface area contributed by atoms with Crippen LogP contribution in [0.5, 0.6) is 0 Å². The number of likely N-dealkylation sites (N-methyl/N-ethyl adjacent to an activating group) is 1. The predicted molar refractivity (Wildman–Crippen MR) is 97.3 cm³/mol. The van der Waals surface area contributed by atoms with Crippen LogP contribution in [0.25, 0.3) is 0 Å². The molecule has 0 fully saturated rings. The Morgan fingerprint density at radius 3 is 2.54 bits per heavy atom. The second-order valence-electron chi connectivity index (χ2n) is 5.86. The van der Waals surface area contributed by atoms with Gasteiger partial charge in [0.15, 0.2) is 0 Å². The molecule has 2 aromatic carbocycles. The number of carbonyl (C=O) groups is 1. The second-order valence-corrected chi connectivity index (χ2v) is 6.67. The number of aryl methyl sites for hydroxylation is 2. The fourth-order valence-corrected chi connectivity index (χ4v) is 3.10. The normalized spacial score (nSPS) is 11.0. The minimum atomic E-state index is -0.382. The quantitative estimate of drug-likeness (QED) is 0.820. The van der Waals surface area contributed by atoms with Gasteiger partial charge in [-0.25, -0.2) is 4.39 Å². The first-order valence-corrected chi connectivity index (χ1v) is 8.21. The van der Waals surface area contributed by atoms with Gasteiger partial charge in [0.2, 0.25) is 5.91 Å². The lowest BCUT2D eigenvalue weighted by atomic mass is 10.1. The highest BCUT2D eigenvalue weighted by Crippen LogP contribution is 2.27.